The number of hydrogen-bond acceptors (Lipinski definition) is 5. The zero-order valence-electron chi connectivity index (χ0n) is 43.9. The van der Waals surface area contributed by atoms with Crippen LogP contribution >= 0.6 is 0 Å². The fourth-order valence-corrected chi connectivity index (χ4v) is 6.86. The predicted octanol–water partition coefficient (Wildman–Crippen LogP) is 13.7. The molecular formula is C51H31N3O2. The van der Waals surface area contributed by atoms with Gasteiger partial charge in [0.1, 0.15) is 22.3 Å². The van der Waals surface area contributed by atoms with Gasteiger partial charge in [0.2, 0.25) is 0 Å². The highest BCUT2D eigenvalue weighted by molar-refractivity contribution is 6.14. The van der Waals surface area contributed by atoms with Gasteiger partial charge in [-0.05, 0) is 69.7 Å². The summed E-state index contributed by atoms with van der Waals surface area (Å²) >= 11 is 0. The van der Waals surface area contributed by atoms with Crippen LogP contribution in [0.5, 0.6) is 0 Å². The second-order valence-electron chi connectivity index (χ2n) is 12.8. The Kier molecular flexibility index (Phi) is 4.70. The highest BCUT2D eigenvalue weighted by Crippen LogP contribution is 2.40. The number of furan rings is 2. The Morgan fingerprint density at radius 1 is 0.339 bits per heavy atom. The van der Waals surface area contributed by atoms with Gasteiger partial charge in [-0.15, -0.1) is 0 Å². The molecule has 0 fully saturated rings. The van der Waals surface area contributed by atoms with Crippen molar-refractivity contribution in [3.05, 3.63) is 188 Å². The third-order valence-electron chi connectivity index (χ3n) is 9.45. The molecule has 262 valence electrons. The third-order valence-corrected chi connectivity index (χ3v) is 9.45. The fraction of sp³-hybridized carbons (Fsp3) is 0. The van der Waals surface area contributed by atoms with E-state index in [1.807, 2.05) is 84.9 Å². The van der Waals surface area contributed by atoms with Crippen molar-refractivity contribution in [3.8, 4) is 67.5 Å². The van der Waals surface area contributed by atoms with Gasteiger partial charge in [0.25, 0.3) is 0 Å². The van der Waals surface area contributed by atoms with Gasteiger partial charge in [0.15, 0.2) is 17.5 Å². The first-order chi connectivity index (χ1) is 34.0. The molecular weight excluding hydrogens is 687 g/mol. The van der Waals surface area contributed by atoms with E-state index in [9.17, 15) is 6.85 Å². The van der Waals surface area contributed by atoms with Gasteiger partial charge < -0.3 is 8.83 Å². The molecule has 5 heteroatoms. The molecule has 5 nitrogen and oxygen atoms in total. The lowest BCUT2D eigenvalue weighted by Crippen LogP contribution is -2.00. The predicted molar refractivity (Wildman–Crippen MR) is 227 cm³/mol. The highest BCUT2D eigenvalue weighted by atomic mass is 16.3. The van der Waals surface area contributed by atoms with Gasteiger partial charge in [0, 0.05) is 38.2 Å². The molecule has 0 saturated carbocycles. The molecule has 0 unspecified atom stereocenters. The quantitative estimate of drug-likeness (QED) is 0.170. The van der Waals surface area contributed by atoms with Crippen LogP contribution in [0.15, 0.2) is 197 Å². The van der Waals surface area contributed by atoms with Gasteiger partial charge in [-0.3, -0.25) is 0 Å². The number of fused-ring (bicyclic) bond motifs is 6. The van der Waals surface area contributed by atoms with Crippen LogP contribution in [0.3, 0.4) is 0 Å². The first-order valence-corrected chi connectivity index (χ1v) is 17.5. The first-order valence-electron chi connectivity index (χ1n) is 25.0. The van der Waals surface area contributed by atoms with Crippen molar-refractivity contribution in [2.24, 2.45) is 0 Å². The fourth-order valence-electron chi connectivity index (χ4n) is 6.86. The molecule has 0 aliphatic carbocycles. The maximum absolute atomic E-state index is 9.70. The minimum Gasteiger partial charge on any atom is -0.456 e. The molecule has 0 aliphatic heterocycles. The largest absolute Gasteiger partial charge is 0.456 e. The molecule has 0 bridgehead atoms. The van der Waals surface area contributed by atoms with Crippen molar-refractivity contribution in [1.82, 2.24) is 15.0 Å². The Labute approximate surface area is 343 Å². The van der Waals surface area contributed by atoms with Crippen LogP contribution in [0, 0.1) is 0 Å². The molecule has 3 aromatic heterocycles. The summed E-state index contributed by atoms with van der Waals surface area (Å²) in [6, 6.07) is 18.9. The van der Waals surface area contributed by atoms with E-state index in [0.717, 1.165) is 16.5 Å². The molecule has 0 amide bonds. The monoisotopic (exact) mass is 732 g/mol. The van der Waals surface area contributed by atoms with E-state index >= 15 is 0 Å². The smallest absolute Gasteiger partial charge is 0.164 e. The van der Waals surface area contributed by atoms with Crippen LogP contribution in [0.1, 0.15) is 20.6 Å². The van der Waals surface area contributed by atoms with Crippen LogP contribution < -0.4 is 0 Å². The van der Waals surface area contributed by atoms with Crippen LogP contribution in [0.2, 0.25) is 0 Å². The zero-order valence-corrected chi connectivity index (χ0v) is 28.9. The second kappa shape index (κ2) is 13.0. The normalized spacial score (nSPS) is 15.3. The van der Waals surface area contributed by atoms with E-state index < -0.39 is 124 Å². The van der Waals surface area contributed by atoms with Crippen molar-refractivity contribution in [1.29, 1.82) is 0 Å². The number of para-hydroxylation sites is 1. The molecule has 56 heavy (non-hydrogen) atoms. The molecule has 11 rings (SSSR count). The standard InChI is InChI=1S/C51H31N3O2/c1-3-12-32(13-4-1)34-24-26-35(27-25-34)49-52-50(54-51(53-49)42-20-11-23-45-48(42)40-18-7-8-21-43(40)55-45)38-28-29-41-46(31-38)56-44-22-10-19-39(47(41)44)37-17-9-16-36(30-37)33-14-5-2-6-15-33/h1-31H/i2D,5D,6D,9D,10D,14D,15D,16D,17D,19D,22D,28D,29D,30D,31D. The number of rotatable bonds is 6. The van der Waals surface area contributed by atoms with E-state index in [-0.39, 0.29) is 33.8 Å². The van der Waals surface area contributed by atoms with Crippen LogP contribution in [0.25, 0.3) is 111 Å². The Morgan fingerprint density at radius 3 is 1.88 bits per heavy atom. The summed E-state index contributed by atoms with van der Waals surface area (Å²) in [7, 11) is 0. The molecule has 11 aromatic rings. The lowest BCUT2D eigenvalue weighted by atomic mass is 9.96. The number of hydrogen-bond donors (Lipinski definition) is 0. The summed E-state index contributed by atoms with van der Waals surface area (Å²) in [6.07, 6.45) is 0. The topological polar surface area (TPSA) is 65.0 Å². The van der Waals surface area contributed by atoms with Crippen molar-refractivity contribution in [3.63, 3.8) is 0 Å². The summed E-state index contributed by atoms with van der Waals surface area (Å²) in [4.78, 5) is 14.6. The lowest BCUT2D eigenvalue weighted by molar-refractivity contribution is 0.668. The Morgan fingerprint density at radius 2 is 1.00 bits per heavy atom. The molecule has 8 aromatic carbocycles. The van der Waals surface area contributed by atoms with E-state index in [0.29, 0.717) is 27.7 Å². The van der Waals surface area contributed by atoms with Crippen molar-refractivity contribution in [2.75, 3.05) is 0 Å². The van der Waals surface area contributed by atoms with Gasteiger partial charge >= 0.3 is 0 Å². The summed E-state index contributed by atoms with van der Waals surface area (Å²) < 4.78 is 146. The molecule has 0 saturated heterocycles. The summed E-state index contributed by atoms with van der Waals surface area (Å²) in [6.45, 7) is 0. The van der Waals surface area contributed by atoms with E-state index in [1.54, 1.807) is 12.1 Å². The average molecular weight is 733 g/mol. The van der Waals surface area contributed by atoms with Gasteiger partial charge in [-0.1, -0.05) is 151 Å². The molecule has 0 atom stereocenters. The van der Waals surface area contributed by atoms with E-state index in [2.05, 4.69) is 0 Å². The van der Waals surface area contributed by atoms with Crippen molar-refractivity contribution >= 4 is 43.9 Å². The summed E-state index contributed by atoms with van der Waals surface area (Å²) in [5, 5.41) is 0.821. The summed E-state index contributed by atoms with van der Waals surface area (Å²) in [5.41, 5.74) is 0.653. The molecule has 0 aliphatic rings. The van der Waals surface area contributed by atoms with Gasteiger partial charge in [-0.2, -0.15) is 0 Å². The van der Waals surface area contributed by atoms with Crippen LogP contribution in [0.4, 0.5) is 0 Å². The van der Waals surface area contributed by atoms with Gasteiger partial charge in [0.05, 0.1) is 20.6 Å². The minimum absolute atomic E-state index is 0.141. The Balaban J connectivity index is 1.19. The van der Waals surface area contributed by atoms with Crippen LogP contribution in [-0.4, -0.2) is 15.0 Å². The number of benzene rings is 8. The summed E-state index contributed by atoms with van der Waals surface area (Å²) in [5.74, 6) is 0.0990. The maximum atomic E-state index is 9.70. The average Bonchev–Trinajstić information content (AvgIpc) is 3.98. The SMILES string of the molecule is [2H]c1c([2H])c([2H])c(-c2c([2H])c([2H])c([2H])c(-c3c([2H])c([2H])c([2H])c4oc5c([2H])c(-c6nc(-c7ccc(-c8ccccc8)cc7)nc(-c7cccc8oc9ccccc9c78)n6)c([2H])c([2H])c5c34)c2[2H])c([2H])c1[2H]. The molecule has 0 radical (unpaired) electrons. The van der Waals surface area contributed by atoms with Gasteiger partial charge in [-0.25, -0.2) is 15.0 Å². The maximum Gasteiger partial charge on any atom is 0.164 e. The Hall–Kier alpha value is -7.63. The van der Waals surface area contributed by atoms with E-state index in [1.165, 1.54) is 0 Å². The van der Waals surface area contributed by atoms with Crippen LogP contribution in [-0.2, 0) is 0 Å². The lowest BCUT2D eigenvalue weighted by Gasteiger charge is -2.10. The molecule has 0 spiro atoms. The van der Waals surface area contributed by atoms with Crippen molar-refractivity contribution < 1.29 is 29.4 Å². The van der Waals surface area contributed by atoms with E-state index in [4.69, 9.17) is 37.5 Å². The highest BCUT2D eigenvalue weighted by Gasteiger charge is 2.19. The Bertz CT molecular complexity index is 4090. The third kappa shape index (κ3) is 5.45. The number of aromatic nitrogens is 3. The first kappa shape index (κ1) is 20.2. The second-order valence-corrected chi connectivity index (χ2v) is 12.8. The van der Waals surface area contributed by atoms with Crippen molar-refractivity contribution in [2.45, 2.75) is 0 Å². The number of nitrogens with zero attached hydrogens (tertiary/aromatic N) is 3. The zero-order chi connectivity index (χ0) is 50.1. The molecule has 3 heterocycles. The molecule has 0 N–H and O–H groups in total. The minimum atomic E-state index is -0.856.